The molecular weight excluding hydrogens is 257 g/mol. The van der Waals surface area contributed by atoms with Crippen LogP contribution >= 0.6 is 23.2 Å². The molecule has 0 amide bonds. The van der Waals surface area contributed by atoms with Crippen LogP contribution in [0.1, 0.15) is 29.6 Å². The molecule has 0 spiro atoms. The SMILES string of the molecule is NCC1CCCC1C(=O)c1cc(Cl)ccc1Cl. The largest absolute Gasteiger partial charge is 0.330 e. The minimum Gasteiger partial charge on any atom is -0.330 e. The lowest BCUT2D eigenvalue weighted by molar-refractivity contribution is 0.0893. The second kappa shape index (κ2) is 5.38. The van der Waals surface area contributed by atoms with Gasteiger partial charge in [0.25, 0.3) is 0 Å². The normalized spacial score (nSPS) is 23.9. The maximum absolute atomic E-state index is 12.4. The molecule has 0 saturated heterocycles. The maximum Gasteiger partial charge on any atom is 0.167 e. The van der Waals surface area contributed by atoms with Crippen LogP contribution in [0.3, 0.4) is 0 Å². The molecule has 0 heterocycles. The molecule has 0 radical (unpaired) electrons. The summed E-state index contributed by atoms with van der Waals surface area (Å²) in [5, 5.41) is 1.02. The van der Waals surface area contributed by atoms with Crippen LogP contribution in [0.2, 0.25) is 10.0 Å². The van der Waals surface area contributed by atoms with Gasteiger partial charge in [-0.2, -0.15) is 0 Å². The van der Waals surface area contributed by atoms with Crippen molar-refractivity contribution in [2.45, 2.75) is 19.3 Å². The van der Waals surface area contributed by atoms with Crippen molar-refractivity contribution in [2.75, 3.05) is 6.54 Å². The molecule has 2 nitrogen and oxygen atoms in total. The van der Waals surface area contributed by atoms with Crippen molar-refractivity contribution >= 4 is 29.0 Å². The molecule has 0 aromatic heterocycles. The standard InChI is InChI=1S/C13H15Cl2NO/c14-9-4-5-12(15)11(6-9)13(17)10-3-1-2-8(10)7-16/h4-6,8,10H,1-3,7,16H2. The molecule has 1 aromatic rings. The van der Waals surface area contributed by atoms with E-state index in [4.69, 9.17) is 28.9 Å². The summed E-state index contributed by atoms with van der Waals surface area (Å²) in [6.07, 6.45) is 3.01. The van der Waals surface area contributed by atoms with Crippen LogP contribution in [0.25, 0.3) is 0 Å². The third-order valence-corrected chi connectivity index (χ3v) is 4.06. The Morgan fingerprint density at radius 3 is 2.82 bits per heavy atom. The Morgan fingerprint density at radius 1 is 1.35 bits per heavy atom. The number of carbonyl (C=O) groups is 1. The molecule has 1 aliphatic rings. The van der Waals surface area contributed by atoms with Crippen LogP contribution in [-0.2, 0) is 0 Å². The zero-order valence-electron chi connectivity index (χ0n) is 9.46. The number of hydrogen-bond acceptors (Lipinski definition) is 2. The van der Waals surface area contributed by atoms with E-state index in [1.54, 1.807) is 18.2 Å². The molecule has 1 fully saturated rings. The van der Waals surface area contributed by atoms with Gasteiger partial charge in [-0.05, 0) is 43.5 Å². The van der Waals surface area contributed by atoms with E-state index in [1.165, 1.54) is 0 Å². The lowest BCUT2D eigenvalue weighted by Crippen LogP contribution is -2.25. The molecule has 2 unspecified atom stereocenters. The van der Waals surface area contributed by atoms with Gasteiger partial charge in [0.15, 0.2) is 5.78 Å². The van der Waals surface area contributed by atoms with Crippen molar-refractivity contribution in [2.24, 2.45) is 17.6 Å². The fraction of sp³-hybridized carbons (Fsp3) is 0.462. The van der Waals surface area contributed by atoms with Crippen LogP contribution in [0.15, 0.2) is 18.2 Å². The number of Topliss-reactive ketones (excluding diaryl/α,β-unsaturated/α-hetero) is 1. The Kier molecular flexibility index (Phi) is 4.08. The summed E-state index contributed by atoms with van der Waals surface area (Å²) < 4.78 is 0. The average molecular weight is 272 g/mol. The number of halogens is 2. The summed E-state index contributed by atoms with van der Waals surface area (Å²) in [4.78, 5) is 12.4. The smallest absolute Gasteiger partial charge is 0.167 e. The molecule has 2 N–H and O–H groups in total. The van der Waals surface area contributed by atoms with Crippen LogP contribution in [0.4, 0.5) is 0 Å². The predicted molar refractivity (Wildman–Crippen MR) is 70.7 cm³/mol. The van der Waals surface area contributed by atoms with Crippen molar-refractivity contribution in [3.63, 3.8) is 0 Å². The third-order valence-electron chi connectivity index (χ3n) is 3.49. The van der Waals surface area contributed by atoms with Crippen LogP contribution in [-0.4, -0.2) is 12.3 Å². The lowest BCUT2D eigenvalue weighted by Gasteiger charge is -2.17. The first kappa shape index (κ1) is 12.9. The minimum absolute atomic E-state index is 0.0102. The molecule has 92 valence electrons. The van der Waals surface area contributed by atoms with Gasteiger partial charge in [0.05, 0.1) is 5.02 Å². The van der Waals surface area contributed by atoms with Crippen molar-refractivity contribution in [1.29, 1.82) is 0 Å². The van der Waals surface area contributed by atoms with E-state index in [-0.39, 0.29) is 17.6 Å². The summed E-state index contributed by atoms with van der Waals surface area (Å²) in [5.41, 5.74) is 6.23. The van der Waals surface area contributed by atoms with E-state index in [9.17, 15) is 4.79 Å². The van der Waals surface area contributed by atoms with E-state index >= 15 is 0 Å². The van der Waals surface area contributed by atoms with E-state index in [1.807, 2.05) is 0 Å². The molecule has 17 heavy (non-hydrogen) atoms. The number of rotatable bonds is 3. The number of carbonyl (C=O) groups excluding carboxylic acids is 1. The summed E-state index contributed by atoms with van der Waals surface area (Å²) in [5.74, 6) is 0.388. The zero-order chi connectivity index (χ0) is 12.4. The molecule has 0 aliphatic heterocycles. The molecule has 1 saturated carbocycles. The van der Waals surface area contributed by atoms with Crippen molar-refractivity contribution in [3.05, 3.63) is 33.8 Å². The fourth-order valence-corrected chi connectivity index (χ4v) is 2.93. The van der Waals surface area contributed by atoms with E-state index < -0.39 is 0 Å². The van der Waals surface area contributed by atoms with Gasteiger partial charge in [0, 0.05) is 16.5 Å². The topological polar surface area (TPSA) is 43.1 Å². The fourth-order valence-electron chi connectivity index (χ4n) is 2.55. The summed E-state index contributed by atoms with van der Waals surface area (Å²) >= 11 is 12.0. The molecule has 1 aromatic carbocycles. The summed E-state index contributed by atoms with van der Waals surface area (Å²) in [6.45, 7) is 0.564. The van der Waals surface area contributed by atoms with Crippen molar-refractivity contribution in [1.82, 2.24) is 0 Å². The van der Waals surface area contributed by atoms with Crippen molar-refractivity contribution < 1.29 is 4.79 Å². The first-order valence-electron chi connectivity index (χ1n) is 5.83. The van der Waals surface area contributed by atoms with Crippen LogP contribution in [0, 0.1) is 11.8 Å². The van der Waals surface area contributed by atoms with Gasteiger partial charge in [-0.3, -0.25) is 4.79 Å². The molecule has 2 atom stereocenters. The molecule has 4 heteroatoms. The van der Waals surface area contributed by atoms with E-state index in [2.05, 4.69) is 0 Å². The van der Waals surface area contributed by atoms with Gasteiger partial charge >= 0.3 is 0 Å². The van der Waals surface area contributed by atoms with E-state index in [0.29, 0.717) is 22.2 Å². The second-order valence-electron chi connectivity index (χ2n) is 4.52. The molecule has 0 bridgehead atoms. The first-order chi connectivity index (χ1) is 8.13. The number of benzene rings is 1. The highest BCUT2D eigenvalue weighted by atomic mass is 35.5. The quantitative estimate of drug-likeness (QED) is 0.855. The summed E-state index contributed by atoms with van der Waals surface area (Å²) in [7, 11) is 0. The Bertz CT molecular complexity index is 433. The molecule has 1 aliphatic carbocycles. The highest BCUT2D eigenvalue weighted by molar-refractivity contribution is 6.36. The Hall–Kier alpha value is -0.570. The average Bonchev–Trinajstić information content (AvgIpc) is 2.79. The number of ketones is 1. The van der Waals surface area contributed by atoms with Gasteiger partial charge < -0.3 is 5.73 Å². The van der Waals surface area contributed by atoms with Gasteiger partial charge in [-0.25, -0.2) is 0 Å². The molecular formula is C13H15Cl2NO. The van der Waals surface area contributed by atoms with Crippen molar-refractivity contribution in [3.8, 4) is 0 Å². The monoisotopic (exact) mass is 271 g/mol. The van der Waals surface area contributed by atoms with Gasteiger partial charge in [-0.1, -0.05) is 29.6 Å². The summed E-state index contributed by atoms with van der Waals surface area (Å²) in [6, 6.07) is 5.01. The highest BCUT2D eigenvalue weighted by Crippen LogP contribution is 2.35. The minimum atomic E-state index is 0.0102. The van der Waals surface area contributed by atoms with Crippen LogP contribution < -0.4 is 5.73 Å². The first-order valence-corrected chi connectivity index (χ1v) is 6.58. The second-order valence-corrected chi connectivity index (χ2v) is 5.37. The maximum atomic E-state index is 12.4. The van der Waals surface area contributed by atoms with Gasteiger partial charge in [0.1, 0.15) is 0 Å². The van der Waals surface area contributed by atoms with Crippen LogP contribution in [0.5, 0.6) is 0 Å². The number of nitrogens with two attached hydrogens (primary N) is 1. The highest BCUT2D eigenvalue weighted by Gasteiger charge is 2.33. The molecule has 2 rings (SSSR count). The lowest BCUT2D eigenvalue weighted by atomic mass is 9.88. The Morgan fingerprint density at radius 2 is 2.12 bits per heavy atom. The van der Waals surface area contributed by atoms with E-state index in [0.717, 1.165) is 19.3 Å². The van der Waals surface area contributed by atoms with Gasteiger partial charge in [-0.15, -0.1) is 0 Å². The number of hydrogen-bond donors (Lipinski definition) is 1. The zero-order valence-corrected chi connectivity index (χ0v) is 11.0. The van der Waals surface area contributed by atoms with Gasteiger partial charge in [0.2, 0.25) is 0 Å². The Labute approximate surface area is 111 Å². The predicted octanol–water partition coefficient (Wildman–Crippen LogP) is 3.55. The third kappa shape index (κ3) is 2.65. The Balaban J connectivity index is 2.27.